The fraction of sp³-hybridized carbons (Fsp3) is 0. The molecule has 0 aliphatic carbocycles. The van der Waals surface area contributed by atoms with Gasteiger partial charge in [-0.1, -0.05) is 63.8 Å². The minimum Gasteiger partial charge on any atom is -0.452 e. The normalized spacial score (nSPS) is 10.3. The summed E-state index contributed by atoms with van der Waals surface area (Å²) in [7, 11) is 2.58. The molecule has 1 unspecified atom stereocenters. The number of nitrogens with zero attached hydrogens (tertiary/aromatic N) is 1. The summed E-state index contributed by atoms with van der Waals surface area (Å²) in [6.45, 7) is 0. The topological polar surface area (TPSA) is 40.6 Å². The zero-order valence-corrected chi connectivity index (χ0v) is 16.1. The standard InChI is InChI=1S/C23H18NO3P/c28-23-22(27-19-14-8-3-9-15-19)21(26-18-12-6-2-7-13-18)20(16-24-23)25-17-10-4-1-5-11-17/h1-16H,28H2. The molecule has 0 radical (unpaired) electrons. The molecule has 0 amide bonds. The van der Waals surface area contributed by atoms with Gasteiger partial charge in [-0.3, -0.25) is 0 Å². The van der Waals surface area contributed by atoms with Crippen molar-refractivity contribution in [2.45, 2.75) is 0 Å². The highest BCUT2D eigenvalue weighted by Gasteiger charge is 2.19. The van der Waals surface area contributed by atoms with Gasteiger partial charge in [-0.05, 0) is 36.4 Å². The molecule has 138 valence electrons. The van der Waals surface area contributed by atoms with Crippen LogP contribution in [0.1, 0.15) is 0 Å². The van der Waals surface area contributed by atoms with Crippen LogP contribution in [0.2, 0.25) is 0 Å². The summed E-state index contributed by atoms with van der Waals surface area (Å²) in [5, 5.41) is 0. The molecule has 1 heterocycles. The van der Waals surface area contributed by atoms with Crippen LogP contribution >= 0.6 is 9.24 Å². The molecule has 5 heteroatoms. The lowest BCUT2D eigenvalue weighted by Crippen LogP contribution is -2.06. The molecule has 4 aromatic rings. The first kappa shape index (κ1) is 18.0. The molecule has 1 atom stereocenters. The lowest BCUT2D eigenvalue weighted by atomic mass is 10.3. The van der Waals surface area contributed by atoms with Gasteiger partial charge in [0.1, 0.15) is 22.7 Å². The highest BCUT2D eigenvalue weighted by Crippen LogP contribution is 2.42. The molecule has 4 rings (SSSR count). The van der Waals surface area contributed by atoms with Crippen LogP contribution < -0.4 is 19.6 Å². The second-order valence-corrected chi connectivity index (χ2v) is 6.46. The Balaban J connectivity index is 1.77. The van der Waals surface area contributed by atoms with Crippen molar-refractivity contribution in [3.05, 3.63) is 97.2 Å². The Morgan fingerprint density at radius 1 is 0.536 bits per heavy atom. The third-order valence-electron chi connectivity index (χ3n) is 3.88. The zero-order chi connectivity index (χ0) is 19.2. The van der Waals surface area contributed by atoms with E-state index < -0.39 is 0 Å². The second-order valence-electron chi connectivity index (χ2n) is 5.91. The molecule has 0 N–H and O–H groups in total. The lowest BCUT2D eigenvalue weighted by Gasteiger charge is -2.17. The lowest BCUT2D eigenvalue weighted by molar-refractivity contribution is 0.386. The van der Waals surface area contributed by atoms with Crippen LogP contribution in [0.3, 0.4) is 0 Å². The molecule has 3 aromatic carbocycles. The van der Waals surface area contributed by atoms with E-state index in [0.29, 0.717) is 39.9 Å². The molecule has 0 aliphatic heterocycles. The first-order valence-corrected chi connectivity index (χ1v) is 9.34. The number of rotatable bonds is 6. The summed E-state index contributed by atoms with van der Waals surface area (Å²) in [6, 6.07) is 28.5. The van der Waals surface area contributed by atoms with E-state index in [1.807, 2.05) is 91.0 Å². The highest BCUT2D eigenvalue weighted by atomic mass is 31.0. The Labute approximate surface area is 165 Å². The van der Waals surface area contributed by atoms with E-state index >= 15 is 0 Å². The predicted octanol–water partition coefficient (Wildman–Crippen LogP) is 5.96. The molecule has 0 saturated carbocycles. The van der Waals surface area contributed by atoms with E-state index in [1.54, 1.807) is 6.20 Å². The Morgan fingerprint density at radius 3 is 1.46 bits per heavy atom. The minimum absolute atomic E-state index is 0.457. The van der Waals surface area contributed by atoms with Crippen LogP contribution in [0.25, 0.3) is 0 Å². The van der Waals surface area contributed by atoms with Crippen molar-refractivity contribution in [1.29, 1.82) is 0 Å². The Morgan fingerprint density at radius 2 is 0.964 bits per heavy atom. The zero-order valence-electron chi connectivity index (χ0n) is 15.0. The Kier molecular flexibility index (Phi) is 5.51. The number of benzene rings is 3. The minimum atomic E-state index is 0.457. The monoisotopic (exact) mass is 387 g/mol. The predicted molar refractivity (Wildman–Crippen MR) is 113 cm³/mol. The largest absolute Gasteiger partial charge is 0.452 e. The van der Waals surface area contributed by atoms with E-state index in [9.17, 15) is 0 Å². The third kappa shape index (κ3) is 4.30. The van der Waals surface area contributed by atoms with Crippen molar-refractivity contribution in [2.75, 3.05) is 0 Å². The van der Waals surface area contributed by atoms with Crippen LogP contribution in [-0.2, 0) is 0 Å². The van der Waals surface area contributed by atoms with E-state index in [2.05, 4.69) is 14.2 Å². The number of para-hydroxylation sites is 3. The van der Waals surface area contributed by atoms with E-state index in [1.165, 1.54) is 0 Å². The number of hydrogen-bond acceptors (Lipinski definition) is 4. The van der Waals surface area contributed by atoms with Crippen molar-refractivity contribution in [3.63, 3.8) is 0 Å². The molecule has 0 bridgehead atoms. The van der Waals surface area contributed by atoms with Gasteiger partial charge in [-0.15, -0.1) is 0 Å². The van der Waals surface area contributed by atoms with Crippen LogP contribution in [0.4, 0.5) is 0 Å². The van der Waals surface area contributed by atoms with Crippen molar-refractivity contribution < 1.29 is 14.2 Å². The summed E-state index contributed by atoms with van der Waals surface area (Å²) in [5.41, 5.74) is 0.621. The van der Waals surface area contributed by atoms with Crippen LogP contribution in [0.5, 0.6) is 34.5 Å². The molecule has 0 fully saturated rings. The van der Waals surface area contributed by atoms with E-state index in [-0.39, 0.29) is 0 Å². The van der Waals surface area contributed by atoms with Crippen LogP contribution in [-0.4, -0.2) is 4.98 Å². The van der Waals surface area contributed by atoms with E-state index in [0.717, 1.165) is 0 Å². The molecule has 4 nitrogen and oxygen atoms in total. The molecule has 28 heavy (non-hydrogen) atoms. The first-order valence-electron chi connectivity index (χ1n) is 8.77. The van der Waals surface area contributed by atoms with Gasteiger partial charge in [-0.2, -0.15) is 0 Å². The maximum atomic E-state index is 6.16. The number of pyridine rings is 1. The molecule has 1 aromatic heterocycles. The van der Waals surface area contributed by atoms with Gasteiger partial charge in [0.05, 0.1) is 6.20 Å². The number of ether oxygens (including phenoxy) is 3. The number of hydrogen-bond donors (Lipinski definition) is 0. The third-order valence-corrected chi connectivity index (χ3v) is 4.29. The fourth-order valence-corrected chi connectivity index (χ4v) is 2.83. The summed E-state index contributed by atoms with van der Waals surface area (Å²) < 4.78 is 18.3. The molecule has 0 spiro atoms. The smallest absolute Gasteiger partial charge is 0.216 e. The van der Waals surface area contributed by atoms with Gasteiger partial charge in [0.2, 0.25) is 5.75 Å². The van der Waals surface area contributed by atoms with Gasteiger partial charge in [0.25, 0.3) is 0 Å². The van der Waals surface area contributed by atoms with Crippen LogP contribution in [0, 0.1) is 0 Å². The van der Waals surface area contributed by atoms with Crippen molar-refractivity contribution in [3.8, 4) is 34.5 Å². The first-order chi connectivity index (χ1) is 13.8. The summed E-state index contributed by atoms with van der Waals surface area (Å²) in [5.74, 6) is 3.45. The maximum absolute atomic E-state index is 6.16. The Hall–Kier alpha value is -3.36. The average Bonchev–Trinajstić information content (AvgIpc) is 2.75. The molecular weight excluding hydrogens is 369 g/mol. The quantitative estimate of drug-likeness (QED) is 0.383. The highest BCUT2D eigenvalue weighted by molar-refractivity contribution is 7.27. The fourth-order valence-electron chi connectivity index (χ4n) is 2.57. The van der Waals surface area contributed by atoms with Gasteiger partial charge < -0.3 is 14.2 Å². The molecule has 0 aliphatic rings. The summed E-state index contributed by atoms with van der Waals surface area (Å²) in [4.78, 5) is 4.41. The number of aromatic nitrogens is 1. The maximum Gasteiger partial charge on any atom is 0.216 e. The summed E-state index contributed by atoms with van der Waals surface area (Å²) in [6.07, 6.45) is 1.63. The SMILES string of the molecule is Pc1ncc(Oc2ccccc2)c(Oc2ccccc2)c1Oc1ccccc1. The van der Waals surface area contributed by atoms with Gasteiger partial charge in [-0.25, -0.2) is 4.98 Å². The second kappa shape index (κ2) is 8.55. The average molecular weight is 387 g/mol. The summed E-state index contributed by atoms with van der Waals surface area (Å²) >= 11 is 0. The van der Waals surface area contributed by atoms with E-state index in [4.69, 9.17) is 14.2 Å². The van der Waals surface area contributed by atoms with Crippen molar-refractivity contribution in [1.82, 2.24) is 4.98 Å². The van der Waals surface area contributed by atoms with Gasteiger partial charge in [0.15, 0.2) is 11.5 Å². The Bertz CT molecular complexity index is 1040. The van der Waals surface area contributed by atoms with Crippen molar-refractivity contribution >= 4 is 14.7 Å². The molecular formula is C23H18NO3P. The van der Waals surface area contributed by atoms with Gasteiger partial charge in [0, 0.05) is 0 Å². The van der Waals surface area contributed by atoms with Crippen molar-refractivity contribution in [2.24, 2.45) is 0 Å². The van der Waals surface area contributed by atoms with Gasteiger partial charge >= 0.3 is 0 Å². The van der Waals surface area contributed by atoms with Crippen LogP contribution in [0.15, 0.2) is 97.2 Å². The molecule has 0 saturated heterocycles.